The molecule has 0 fully saturated rings. The van der Waals surface area contributed by atoms with Crippen molar-refractivity contribution in [1.29, 1.82) is 0 Å². The minimum absolute atomic E-state index is 0.959. The number of nitrogens with zero attached hydrogens (tertiary/aromatic N) is 1. The molecular weight excluding hydrogens is 166 g/mol. The molecule has 1 aliphatic rings. The monoisotopic (exact) mass is 177 g/mol. The van der Waals surface area contributed by atoms with Crippen LogP contribution in [-0.2, 0) is 6.42 Å². The molecule has 0 bridgehead atoms. The minimum atomic E-state index is 0.959. The van der Waals surface area contributed by atoms with E-state index in [1.54, 1.807) is 0 Å². The molecule has 62 valence electrons. The largest absolute Gasteiger partial charge is 0.347 e. The van der Waals surface area contributed by atoms with Gasteiger partial charge in [-0.3, -0.25) is 0 Å². The van der Waals surface area contributed by atoms with E-state index in [0.29, 0.717) is 0 Å². The van der Waals surface area contributed by atoms with Crippen molar-refractivity contribution in [3.05, 3.63) is 36.0 Å². The molecule has 1 nitrogen and oxygen atoms in total. The molecule has 0 unspecified atom stereocenters. The summed E-state index contributed by atoms with van der Waals surface area (Å²) in [5.74, 6) is 0. The first-order valence-corrected chi connectivity index (χ1v) is 4.37. The second kappa shape index (κ2) is 2.56. The molecular formula is C10H11NS. The summed E-state index contributed by atoms with van der Waals surface area (Å²) in [4.78, 5) is 3.14. The van der Waals surface area contributed by atoms with Crippen LogP contribution in [0, 0.1) is 0 Å². The molecule has 1 aromatic rings. The van der Waals surface area contributed by atoms with Gasteiger partial charge >= 0.3 is 0 Å². The zero-order chi connectivity index (χ0) is 8.72. The van der Waals surface area contributed by atoms with E-state index in [9.17, 15) is 0 Å². The Balaban J connectivity index is 2.62. The number of allylic oxidation sites excluding steroid dienone is 1. The molecule has 0 radical (unpaired) electrons. The number of hydrogen-bond acceptors (Lipinski definition) is 2. The summed E-state index contributed by atoms with van der Waals surface area (Å²) in [6.07, 6.45) is 0.959. The highest BCUT2D eigenvalue weighted by molar-refractivity contribution is 7.80. The number of hydrogen-bond donors (Lipinski definition) is 1. The molecule has 2 rings (SSSR count). The van der Waals surface area contributed by atoms with Crippen molar-refractivity contribution in [2.75, 3.05) is 11.9 Å². The van der Waals surface area contributed by atoms with E-state index in [0.717, 1.165) is 17.0 Å². The lowest BCUT2D eigenvalue weighted by atomic mass is 10.1. The first-order chi connectivity index (χ1) is 5.70. The predicted octanol–water partition coefficient (Wildman–Crippen LogP) is 2.48. The van der Waals surface area contributed by atoms with Gasteiger partial charge < -0.3 is 4.90 Å². The SMILES string of the molecule is C=C1Cc2cccc(S)c2N1C. The Hall–Kier alpha value is -0.890. The molecule has 0 spiro atoms. The maximum Gasteiger partial charge on any atom is 0.0577 e. The Morgan fingerprint density at radius 2 is 2.25 bits per heavy atom. The molecule has 0 amide bonds. The summed E-state index contributed by atoms with van der Waals surface area (Å²) >= 11 is 4.40. The van der Waals surface area contributed by atoms with Crippen molar-refractivity contribution in [2.24, 2.45) is 0 Å². The zero-order valence-electron chi connectivity index (χ0n) is 7.04. The number of rotatable bonds is 0. The molecule has 0 aromatic heterocycles. The average molecular weight is 177 g/mol. The molecule has 0 saturated carbocycles. The Morgan fingerprint density at radius 1 is 1.50 bits per heavy atom. The van der Waals surface area contributed by atoms with Crippen molar-refractivity contribution in [3.8, 4) is 0 Å². The Kier molecular flexibility index (Phi) is 1.65. The number of para-hydroxylation sites is 1. The molecule has 0 atom stereocenters. The molecule has 1 heterocycles. The smallest absolute Gasteiger partial charge is 0.0577 e. The first kappa shape index (κ1) is 7.74. The van der Waals surface area contributed by atoms with Gasteiger partial charge in [-0.15, -0.1) is 12.6 Å². The quantitative estimate of drug-likeness (QED) is 0.596. The highest BCUT2D eigenvalue weighted by Crippen LogP contribution is 2.36. The third-order valence-electron chi connectivity index (χ3n) is 2.30. The van der Waals surface area contributed by atoms with Gasteiger partial charge in [0.15, 0.2) is 0 Å². The van der Waals surface area contributed by atoms with Crippen LogP contribution in [0.15, 0.2) is 35.4 Å². The summed E-state index contributed by atoms with van der Waals surface area (Å²) in [5.41, 5.74) is 3.69. The summed E-state index contributed by atoms with van der Waals surface area (Å²) < 4.78 is 0. The van der Waals surface area contributed by atoms with Gasteiger partial charge in [0.1, 0.15) is 0 Å². The minimum Gasteiger partial charge on any atom is -0.347 e. The maximum atomic E-state index is 4.40. The Bertz CT molecular complexity index is 344. The fraction of sp³-hybridized carbons (Fsp3) is 0.200. The first-order valence-electron chi connectivity index (χ1n) is 3.92. The van der Waals surface area contributed by atoms with Gasteiger partial charge in [0.25, 0.3) is 0 Å². The number of thiol groups is 1. The lowest BCUT2D eigenvalue weighted by Crippen LogP contribution is -2.10. The average Bonchev–Trinajstić information content (AvgIpc) is 2.29. The molecule has 1 aromatic carbocycles. The lowest BCUT2D eigenvalue weighted by molar-refractivity contribution is 1.10. The Morgan fingerprint density at radius 3 is 2.92 bits per heavy atom. The third-order valence-corrected chi connectivity index (χ3v) is 2.66. The van der Waals surface area contributed by atoms with Crippen molar-refractivity contribution >= 4 is 18.3 Å². The third kappa shape index (κ3) is 0.950. The number of benzene rings is 1. The van der Waals surface area contributed by atoms with Gasteiger partial charge in [0, 0.05) is 24.1 Å². The van der Waals surface area contributed by atoms with E-state index >= 15 is 0 Å². The van der Waals surface area contributed by atoms with Gasteiger partial charge in [-0.1, -0.05) is 18.7 Å². The fourth-order valence-corrected chi connectivity index (χ4v) is 1.98. The maximum absolute atomic E-state index is 4.40. The predicted molar refractivity (Wildman–Crippen MR) is 54.9 cm³/mol. The van der Waals surface area contributed by atoms with Gasteiger partial charge in [-0.05, 0) is 11.6 Å². The lowest BCUT2D eigenvalue weighted by Gasteiger charge is -2.14. The van der Waals surface area contributed by atoms with Gasteiger partial charge in [-0.2, -0.15) is 0 Å². The van der Waals surface area contributed by atoms with E-state index in [-0.39, 0.29) is 0 Å². The summed E-state index contributed by atoms with van der Waals surface area (Å²) in [5, 5.41) is 0. The van der Waals surface area contributed by atoms with Gasteiger partial charge in [0.05, 0.1) is 5.69 Å². The van der Waals surface area contributed by atoms with Crippen LogP contribution >= 0.6 is 12.6 Å². The van der Waals surface area contributed by atoms with Crippen LogP contribution in [0.1, 0.15) is 5.56 Å². The molecule has 0 N–H and O–H groups in total. The van der Waals surface area contributed by atoms with E-state index < -0.39 is 0 Å². The van der Waals surface area contributed by atoms with Crippen LogP contribution in [0.5, 0.6) is 0 Å². The normalized spacial score (nSPS) is 15.2. The van der Waals surface area contributed by atoms with Crippen molar-refractivity contribution in [1.82, 2.24) is 0 Å². The van der Waals surface area contributed by atoms with E-state index in [2.05, 4.69) is 30.2 Å². The summed E-state index contributed by atoms with van der Waals surface area (Å²) in [7, 11) is 2.04. The summed E-state index contributed by atoms with van der Waals surface area (Å²) in [6, 6.07) is 6.17. The van der Waals surface area contributed by atoms with Crippen molar-refractivity contribution in [2.45, 2.75) is 11.3 Å². The van der Waals surface area contributed by atoms with E-state index in [1.165, 1.54) is 11.3 Å². The molecule has 2 heteroatoms. The molecule has 1 aliphatic heterocycles. The van der Waals surface area contributed by atoms with Crippen LogP contribution in [0.25, 0.3) is 0 Å². The van der Waals surface area contributed by atoms with Crippen LogP contribution in [-0.4, -0.2) is 7.05 Å². The fourth-order valence-electron chi connectivity index (χ4n) is 1.60. The van der Waals surface area contributed by atoms with Gasteiger partial charge in [-0.25, -0.2) is 0 Å². The van der Waals surface area contributed by atoms with Crippen molar-refractivity contribution in [3.63, 3.8) is 0 Å². The second-order valence-corrected chi connectivity index (χ2v) is 3.57. The molecule has 0 aliphatic carbocycles. The molecule has 12 heavy (non-hydrogen) atoms. The van der Waals surface area contributed by atoms with Crippen LogP contribution < -0.4 is 4.90 Å². The summed E-state index contributed by atoms with van der Waals surface area (Å²) in [6.45, 7) is 3.98. The number of likely N-dealkylation sites (N-methyl/N-ethyl adjacent to an activating group) is 1. The highest BCUT2D eigenvalue weighted by atomic mass is 32.1. The highest BCUT2D eigenvalue weighted by Gasteiger charge is 2.20. The second-order valence-electron chi connectivity index (χ2n) is 3.09. The topological polar surface area (TPSA) is 3.24 Å². The van der Waals surface area contributed by atoms with Crippen molar-refractivity contribution < 1.29 is 0 Å². The Labute approximate surface area is 78.1 Å². The van der Waals surface area contributed by atoms with E-state index in [1.807, 2.05) is 19.2 Å². The van der Waals surface area contributed by atoms with Gasteiger partial charge in [0.2, 0.25) is 0 Å². The van der Waals surface area contributed by atoms with Crippen LogP contribution in [0.4, 0.5) is 5.69 Å². The number of anilines is 1. The van der Waals surface area contributed by atoms with Crippen LogP contribution in [0.2, 0.25) is 0 Å². The zero-order valence-corrected chi connectivity index (χ0v) is 7.94. The van der Waals surface area contributed by atoms with Crippen LogP contribution in [0.3, 0.4) is 0 Å². The number of fused-ring (bicyclic) bond motifs is 1. The van der Waals surface area contributed by atoms with E-state index in [4.69, 9.17) is 0 Å². The molecule has 0 saturated heterocycles. The standard InChI is InChI=1S/C10H11NS/c1-7-6-8-4-3-5-9(12)10(8)11(7)2/h3-5,12H,1,6H2,2H3.